The molecular formula is C12H19ClO2. The van der Waals surface area contributed by atoms with E-state index in [1.54, 1.807) is 12.1 Å². The fraction of sp³-hybridized carbons (Fsp3) is 0.500. The maximum atomic E-state index is 9.24. The molecule has 1 aromatic rings. The first-order valence-corrected chi connectivity index (χ1v) is 5.75. The molecule has 0 saturated carbocycles. The van der Waals surface area contributed by atoms with Gasteiger partial charge >= 0.3 is 0 Å². The zero-order chi connectivity index (χ0) is 11.7. The predicted octanol–water partition coefficient (Wildman–Crippen LogP) is 3.73. The van der Waals surface area contributed by atoms with E-state index in [0.717, 1.165) is 12.0 Å². The fourth-order valence-corrected chi connectivity index (χ4v) is 1.17. The van der Waals surface area contributed by atoms with Gasteiger partial charge in [-0.2, -0.15) is 0 Å². The summed E-state index contributed by atoms with van der Waals surface area (Å²) in [5.41, 5.74) is 0.987. The summed E-state index contributed by atoms with van der Waals surface area (Å²) in [6.45, 7) is 6.50. The Hall–Kier alpha value is -0.890. The van der Waals surface area contributed by atoms with Crippen molar-refractivity contribution in [3.63, 3.8) is 0 Å². The summed E-state index contributed by atoms with van der Waals surface area (Å²) in [5, 5.41) is 9.24. The van der Waals surface area contributed by atoms with E-state index in [4.69, 9.17) is 16.3 Å². The van der Waals surface area contributed by atoms with Crippen molar-refractivity contribution < 1.29 is 9.84 Å². The molecule has 15 heavy (non-hydrogen) atoms. The van der Waals surface area contributed by atoms with Crippen LogP contribution in [0.1, 0.15) is 25.8 Å². The first-order valence-electron chi connectivity index (χ1n) is 5.22. The Balaban J connectivity index is 0.000000921. The fourth-order valence-electron chi connectivity index (χ4n) is 1.06. The third kappa shape index (κ3) is 6.24. The Morgan fingerprint density at radius 3 is 2.47 bits per heavy atom. The summed E-state index contributed by atoms with van der Waals surface area (Å²) in [4.78, 5) is 0. The SMILES string of the molecule is CC.Cc1cc(O)cc(OCCCCl)c1. The lowest BCUT2D eigenvalue weighted by Crippen LogP contribution is -1.97. The standard InChI is InChI=1S/C10H13ClO2.C2H6/c1-8-5-9(12)7-10(6-8)13-4-2-3-11;1-2/h5-7,12H,2-4H2,1H3;1-2H3. The number of ether oxygens (including phenoxy) is 1. The Kier molecular flexibility index (Phi) is 7.92. The lowest BCUT2D eigenvalue weighted by Gasteiger charge is -2.06. The van der Waals surface area contributed by atoms with Gasteiger partial charge in [-0.25, -0.2) is 0 Å². The maximum absolute atomic E-state index is 9.24. The molecule has 86 valence electrons. The Morgan fingerprint density at radius 2 is 1.93 bits per heavy atom. The lowest BCUT2D eigenvalue weighted by molar-refractivity contribution is 0.316. The molecule has 0 radical (unpaired) electrons. The molecule has 0 aliphatic rings. The van der Waals surface area contributed by atoms with Gasteiger partial charge in [0.25, 0.3) is 0 Å². The second kappa shape index (κ2) is 8.42. The van der Waals surface area contributed by atoms with Crippen molar-refractivity contribution in [1.29, 1.82) is 0 Å². The molecule has 1 rings (SSSR count). The minimum atomic E-state index is 0.237. The molecule has 0 aliphatic heterocycles. The number of aryl methyl sites for hydroxylation is 1. The van der Waals surface area contributed by atoms with Gasteiger partial charge in [0.15, 0.2) is 0 Å². The van der Waals surface area contributed by atoms with Crippen LogP contribution < -0.4 is 4.74 Å². The van der Waals surface area contributed by atoms with E-state index in [1.807, 2.05) is 26.8 Å². The van der Waals surface area contributed by atoms with Crippen LogP contribution in [0.15, 0.2) is 18.2 Å². The number of alkyl halides is 1. The first kappa shape index (κ1) is 14.1. The molecule has 0 atom stereocenters. The van der Waals surface area contributed by atoms with Crippen LogP contribution >= 0.6 is 11.6 Å². The van der Waals surface area contributed by atoms with Crippen LogP contribution in [0.2, 0.25) is 0 Å². The van der Waals surface area contributed by atoms with Crippen LogP contribution in [-0.2, 0) is 0 Å². The molecule has 0 unspecified atom stereocenters. The van der Waals surface area contributed by atoms with Crippen LogP contribution in [0.25, 0.3) is 0 Å². The van der Waals surface area contributed by atoms with Gasteiger partial charge in [-0.15, -0.1) is 11.6 Å². The molecule has 2 nitrogen and oxygen atoms in total. The van der Waals surface area contributed by atoms with E-state index in [0.29, 0.717) is 18.2 Å². The second-order valence-electron chi connectivity index (χ2n) is 2.90. The van der Waals surface area contributed by atoms with Gasteiger partial charge in [-0.3, -0.25) is 0 Å². The summed E-state index contributed by atoms with van der Waals surface area (Å²) in [6, 6.07) is 5.17. The largest absolute Gasteiger partial charge is 0.508 e. The van der Waals surface area contributed by atoms with Gasteiger partial charge in [0, 0.05) is 11.9 Å². The summed E-state index contributed by atoms with van der Waals surface area (Å²) in [6.07, 6.45) is 0.816. The lowest BCUT2D eigenvalue weighted by atomic mass is 10.2. The van der Waals surface area contributed by atoms with Crippen molar-refractivity contribution in [1.82, 2.24) is 0 Å². The van der Waals surface area contributed by atoms with E-state index >= 15 is 0 Å². The number of hydrogen-bond donors (Lipinski definition) is 1. The van der Waals surface area contributed by atoms with Crippen LogP contribution in [0.4, 0.5) is 0 Å². The molecule has 0 aliphatic carbocycles. The first-order chi connectivity index (χ1) is 7.22. The molecule has 1 aromatic carbocycles. The smallest absolute Gasteiger partial charge is 0.123 e. The minimum absolute atomic E-state index is 0.237. The van der Waals surface area contributed by atoms with E-state index < -0.39 is 0 Å². The summed E-state index contributed by atoms with van der Waals surface area (Å²) in [5.74, 6) is 1.53. The predicted molar refractivity (Wildman–Crippen MR) is 65.0 cm³/mol. The average molecular weight is 231 g/mol. The highest BCUT2D eigenvalue weighted by Crippen LogP contribution is 2.21. The third-order valence-corrected chi connectivity index (χ3v) is 1.85. The summed E-state index contributed by atoms with van der Waals surface area (Å²) in [7, 11) is 0. The van der Waals surface area contributed by atoms with Gasteiger partial charge in [-0.1, -0.05) is 13.8 Å². The highest BCUT2D eigenvalue weighted by Gasteiger charge is 1.97. The summed E-state index contributed by atoms with van der Waals surface area (Å²) < 4.78 is 5.36. The highest BCUT2D eigenvalue weighted by molar-refractivity contribution is 6.17. The van der Waals surface area contributed by atoms with Gasteiger partial charge in [0.2, 0.25) is 0 Å². The Morgan fingerprint density at radius 1 is 1.27 bits per heavy atom. The number of aromatic hydroxyl groups is 1. The molecular weight excluding hydrogens is 212 g/mol. The summed E-state index contributed by atoms with van der Waals surface area (Å²) >= 11 is 5.50. The zero-order valence-corrected chi connectivity index (χ0v) is 10.3. The van der Waals surface area contributed by atoms with Crippen LogP contribution in [0, 0.1) is 6.92 Å². The van der Waals surface area contributed by atoms with Crippen molar-refractivity contribution in [2.24, 2.45) is 0 Å². The van der Waals surface area contributed by atoms with Gasteiger partial charge in [-0.05, 0) is 31.0 Å². The molecule has 0 heterocycles. The molecule has 0 aromatic heterocycles. The number of rotatable bonds is 4. The Labute approximate surface area is 96.8 Å². The topological polar surface area (TPSA) is 29.5 Å². The van der Waals surface area contributed by atoms with E-state index in [1.165, 1.54) is 0 Å². The average Bonchev–Trinajstić information content (AvgIpc) is 2.20. The minimum Gasteiger partial charge on any atom is -0.508 e. The molecule has 0 saturated heterocycles. The van der Waals surface area contributed by atoms with Crippen molar-refractivity contribution in [3.05, 3.63) is 23.8 Å². The van der Waals surface area contributed by atoms with Crippen molar-refractivity contribution in [2.45, 2.75) is 27.2 Å². The Bertz CT molecular complexity index is 254. The molecule has 3 heteroatoms. The van der Waals surface area contributed by atoms with Crippen molar-refractivity contribution in [3.8, 4) is 11.5 Å². The second-order valence-corrected chi connectivity index (χ2v) is 3.27. The molecule has 1 N–H and O–H groups in total. The van der Waals surface area contributed by atoms with Gasteiger partial charge in [0.1, 0.15) is 11.5 Å². The van der Waals surface area contributed by atoms with E-state index in [-0.39, 0.29) is 5.75 Å². The van der Waals surface area contributed by atoms with Crippen molar-refractivity contribution >= 4 is 11.6 Å². The number of hydrogen-bond acceptors (Lipinski definition) is 2. The number of halogens is 1. The number of benzene rings is 1. The number of phenols is 1. The molecule has 0 spiro atoms. The third-order valence-electron chi connectivity index (χ3n) is 1.58. The van der Waals surface area contributed by atoms with Crippen LogP contribution in [0.5, 0.6) is 11.5 Å². The highest BCUT2D eigenvalue weighted by atomic mass is 35.5. The number of phenolic OH excluding ortho intramolecular Hbond substituents is 1. The van der Waals surface area contributed by atoms with E-state index in [9.17, 15) is 5.11 Å². The monoisotopic (exact) mass is 230 g/mol. The van der Waals surface area contributed by atoms with Crippen molar-refractivity contribution in [2.75, 3.05) is 12.5 Å². The van der Waals surface area contributed by atoms with Gasteiger partial charge in [0.05, 0.1) is 6.61 Å². The van der Waals surface area contributed by atoms with Crippen LogP contribution in [-0.4, -0.2) is 17.6 Å². The quantitative estimate of drug-likeness (QED) is 0.631. The normalized spacial score (nSPS) is 9.07. The molecule has 0 fully saturated rings. The van der Waals surface area contributed by atoms with Crippen LogP contribution in [0.3, 0.4) is 0 Å². The van der Waals surface area contributed by atoms with Gasteiger partial charge < -0.3 is 9.84 Å². The molecule has 0 amide bonds. The van der Waals surface area contributed by atoms with E-state index in [2.05, 4.69) is 0 Å². The zero-order valence-electron chi connectivity index (χ0n) is 9.59. The maximum Gasteiger partial charge on any atom is 0.123 e. The molecule has 0 bridgehead atoms.